The molecule has 0 radical (unpaired) electrons. The molecule has 0 bridgehead atoms. The number of hydrogen-bond acceptors (Lipinski definition) is 3. The highest BCUT2D eigenvalue weighted by Gasteiger charge is 2.14. The van der Waals surface area contributed by atoms with Gasteiger partial charge in [0.15, 0.2) is 0 Å². The van der Waals surface area contributed by atoms with Crippen LogP contribution >= 0.6 is 0 Å². The molecule has 6 heteroatoms. The van der Waals surface area contributed by atoms with Crippen molar-refractivity contribution in [3.8, 4) is 11.3 Å². The minimum Gasteiger partial charge on any atom is -0.478 e. The number of halogens is 1. The Hall–Kier alpha value is -2.76. The minimum atomic E-state index is -1.21. The van der Waals surface area contributed by atoms with Crippen molar-refractivity contribution in [2.24, 2.45) is 5.92 Å². The zero-order valence-electron chi connectivity index (χ0n) is 13.8. The summed E-state index contributed by atoms with van der Waals surface area (Å²) in [6, 6.07) is 5.52. The van der Waals surface area contributed by atoms with Crippen molar-refractivity contribution in [2.75, 3.05) is 6.54 Å². The second kappa shape index (κ2) is 7.21. The SMILES string of the molecule is Cc1c(F)cc(C(=O)O)cc1-c1ccc(C(=O)NCC(C)C)cn1. The van der Waals surface area contributed by atoms with Gasteiger partial charge in [0, 0.05) is 18.3 Å². The van der Waals surface area contributed by atoms with Crippen LogP contribution in [0.3, 0.4) is 0 Å². The fraction of sp³-hybridized carbons (Fsp3) is 0.278. The Morgan fingerprint density at radius 1 is 1.25 bits per heavy atom. The molecular weight excluding hydrogens is 311 g/mol. The van der Waals surface area contributed by atoms with E-state index in [2.05, 4.69) is 10.3 Å². The molecule has 0 spiro atoms. The van der Waals surface area contributed by atoms with Gasteiger partial charge >= 0.3 is 5.97 Å². The molecule has 5 nitrogen and oxygen atoms in total. The zero-order valence-corrected chi connectivity index (χ0v) is 13.8. The summed E-state index contributed by atoms with van der Waals surface area (Å²) in [6.45, 7) is 6.11. The number of nitrogens with zero attached hydrogens (tertiary/aromatic N) is 1. The number of carbonyl (C=O) groups is 2. The Balaban J connectivity index is 2.31. The van der Waals surface area contributed by atoms with E-state index >= 15 is 0 Å². The van der Waals surface area contributed by atoms with Gasteiger partial charge in [0.1, 0.15) is 5.82 Å². The molecule has 0 saturated heterocycles. The molecule has 0 aliphatic heterocycles. The lowest BCUT2D eigenvalue weighted by atomic mass is 10.0. The number of amides is 1. The van der Waals surface area contributed by atoms with Crippen LogP contribution in [-0.2, 0) is 0 Å². The number of pyridine rings is 1. The Morgan fingerprint density at radius 3 is 2.50 bits per heavy atom. The predicted octanol–water partition coefficient (Wildman–Crippen LogP) is 3.28. The van der Waals surface area contributed by atoms with Crippen molar-refractivity contribution in [3.63, 3.8) is 0 Å². The van der Waals surface area contributed by atoms with E-state index in [1.165, 1.54) is 12.3 Å². The van der Waals surface area contributed by atoms with Crippen LogP contribution in [-0.4, -0.2) is 28.5 Å². The van der Waals surface area contributed by atoms with Gasteiger partial charge in [-0.1, -0.05) is 13.8 Å². The van der Waals surface area contributed by atoms with Gasteiger partial charge in [0.25, 0.3) is 5.91 Å². The van der Waals surface area contributed by atoms with Gasteiger partial charge in [-0.3, -0.25) is 9.78 Å². The van der Waals surface area contributed by atoms with Gasteiger partial charge in [-0.05, 0) is 42.7 Å². The molecule has 0 unspecified atom stereocenters. The van der Waals surface area contributed by atoms with Gasteiger partial charge in [0.05, 0.1) is 16.8 Å². The predicted molar refractivity (Wildman–Crippen MR) is 88.5 cm³/mol. The van der Waals surface area contributed by atoms with Crippen molar-refractivity contribution in [3.05, 3.63) is 53.0 Å². The first-order valence-electron chi connectivity index (χ1n) is 7.57. The second-order valence-corrected chi connectivity index (χ2v) is 5.97. The fourth-order valence-electron chi connectivity index (χ4n) is 2.15. The third-order valence-corrected chi connectivity index (χ3v) is 3.56. The van der Waals surface area contributed by atoms with Gasteiger partial charge in [0.2, 0.25) is 0 Å². The zero-order chi connectivity index (χ0) is 17.9. The van der Waals surface area contributed by atoms with E-state index in [9.17, 15) is 14.0 Å². The quantitative estimate of drug-likeness (QED) is 0.882. The van der Waals surface area contributed by atoms with E-state index in [1.807, 2.05) is 13.8 Å². The first-order valence-corrected chi connectivity index (χ1v) is 7.57. The van der Waals surface area contributed by atoms with Crippen LogP contribution in [0.2, 0.25) is 0 Å². The first kappa shape index (κ1) is 17.6. The summed E-state index contributed by atoms with van der Waals surface area (Å²) in [6.07, 6.45) is 1.40. The highest BCUT2D eigenvalue weighted by molar-refractivity contribution is 5.94. The Labute approximate surface area is 139 Å². The number of carbonyl (C=O) groups excluding carboxylic acids is 1. The van der Waals surface area contributed by atoms with E-state index in [1.54, 1.807) is 19.1 Å². The molecule has 24 heavy (non-hydrogen) atoms. The van der Waals surface area contributed by atoms with Gasteiger partial charge < -0.3 is 10.4 Å². The molecule has 2 N–H and O–H groups in total. The molecule has 0 aliphatic carbocycles. The number of nitrogens with one attached hydrogen (secondary N) is 1. The molecule has 126 valence electrons. The standard InChI is InChI=1S/C18H19FN2O3/c1-10(2)8-21-17(22)12-4-5-16(20-9-12)14-6-13(18(23)24)7-15(19)11(14)3/h4-7,9-10H,8H2,1-3H3,(H,21,22)(H,23,24). The summed E-state index contributed by atoms with van der Waals surface area (Å²) in [7, 11) is 0. The second-order valence-electron chi connectivity index (χ2n) is 5.97. The lowest BCUT2D eigenvalue weighted by Gasteiger charge is -2.10. The van der Waals surface area contributed by atoms with Crippen LogP contribution in [0.4, 0.5) is 4.39 Å². The van der Waals surface area contributed by atoms with Crippen molar-refractivity contribution in [1.82, 2.24) is 10.3 Å². The maximum Gasteiger partial charge on any atom is 0.335 e. The average molecular weight is 330 g/mol. The topological polar surface area (TPSA) is 79.3 Å². The van der Waals surface area contributed by atoms with E-state index in [0.717, 1.165) is 6.07 Å². The number of hydrogen-bond donors (Lipinski definition) is 2. The highest BCUT2D eigenvalue weighted by Crippen LogP contribution is 2.25. The van der Waals surface area contributed by atoms with Gasteiger partial charge in [-0.25, -0.2) is 9.18 Å². The maximum atomic E-state index is 13.9. The number of aromatic nitrogens is 1. The molecule has 2 aromatic rings. The monoisotopic (exact) mass is 330 g/mol. The van der Waals surface area contributed by atoms with Crippen LogP contribution < -0.4 is 5.32 Å². The molecule has 0 saturated carbocycles. The van der Waals surface area contributed by atoms with Crippen LogP contribution in [0.5, 0.6) is 0 Å². The molecule has 2 rings (SSSR count). The van der Waals surface area contributed by atoms with Crippen molar-refractivity contribution >= 4 is 11.9 Å². The van der Waals surface area contributed by atoms with Crippen LogP contribution in [0.25, 0.3) is 11.3 Å². The van der Waals surface area contributed by atoms with E-state index in [0.29, 0.717) is 34.8 Å². The smallest absolute Gasteiger partial charge is 0.335 e. The Kier molecular flexibility index (Phi) is 5.28. The highest BCUT2D eigenvalue weighted by atomic mass is 19.1. The van der Waals surface area contributed by atoms with Crippen molar-refractivity contribution in [1.29, 1.82) is 0 Å². The number of benzene rings is 1. The van der Waals surface area contributed by atoms with E-state index in [4.69, 9.17) is 5.11 Å². The normalized spacial score (nSPS) is 10.7. The van der Waals surface area contributed by atoms with Crippen LogP contribution in [0, 0.1) is 18.7 Å². The van der Waals surface area contributed by atoms with Crippen molar-refractivity contribution in [2.45, 2.75) is 20.8 Å². The molecule has 0 aliphatic rings. The Bertz CT molecular complexity index is 771. The third-order valence-electron chi connectivity index (χ3n) is 3.56. The van der Waals surface area contributed by atoms with E-state index in [-0.39, 0.29) is 11.5 Å². The molecule has 1 aromatic carbocycles. The molecule has 0 atom stereocenters. The molecular formula is C18H19FN2O3. The van der Waals surface area contributed by atoms with Crippen LogP contribution in [0.1, 0.15) is 40.1 Å². The fourth-order valence-corrected chi connectivity index (χ4v) is 2.15. The van der Waals surface area contributed by atoms with Crippen molar-refractivity contribution < 1.29 is 19.1 Å². The molecule has 1 heterocycles. The molecule has 0 fully saturated rings. The molecule has 1 aromatic heterocycles. The lowest BCUT2D eigenvalue weighted by Crippen LogP contribution is -2.27. The lowest BCUT2D eigenvalue weighted by molar-refractivity contribution is 0.0696. The number of carboxylic acids is 1. The summed E-state index contributed by atoms with van der Waals surface area (Å²) in [5.41, 5.74) is 1.36. The minimum absolute atomic E-state index is 0.145. The maximum absolute atomic E-state index is 13.9. The van der Waals surface area contributed by atoms with Gasteiger partial charge in [-0.2, -0.15) is 0 Å². The number of rotatable bonds is 5. The molecule has 1 amide bonds. The largest absolute Gasteiger partial charge is 0.478 e. The van der Waals surface area contributed by atoms with Gasteiger partial charge in [-0.15, -0.1) is 0 Å². The third kappa shape index (κ3) is 3.95. The summed E-state index contributed by atoms with van der Waals surface area (Å²) in [4.78, 5) is 27.2. The van der Waals surface area contributed by atoms with Crippen LogP contribution in [0.15, 0.2) is 30.5 Å². The van der Waals surface area contributed by atoms with E-state index < -0.39 is 11.8 Å². The number of carboxylic acid groups (broad SMARTS) is 1. The average Bonchev–Trinajstić information content (AvgIpc) is 2.55. The summed E-state index contributed by atoms with van der Waals surface area (Å²) >= 11 is 0. The summed E-state index contributed by atoms with van der Waals surface area (Å²) < 4.78 is 13.9. The summed E-state index contributed by atoms with van der Waals surface area (Å²) in [5.74, 6) is -1.71. The number of aromatic carboxylic acids is 1. The Morgan fingerprint density at radius 2 is 1.96 bits per heavy atom. The summed E-state index contributed by atoms with van der Waals surface area (Å²) in [5, 5.41) is 11.8. The first-order chi connectivity index (χ1) is 11.3.